The third kappa shape index (κ3) is 4.80. The molecule has 1 aliphatic carbocycles. The number of benzene rings is 1. The van der Waals surface area contributed by atoms with Crippen molar-refractivity contribution < 1.29 is 4.74 Å². The number of anilines is 1. The van der Waals surface area contributed by atoms with Gasteiger partial charge in [-0.25, -0.2) is 0 Å². The molecule has 3 aliphatic rings. The molecule has 0 bridgehead atoms. The molecule has 1 aromatic carbocycles. The van der Waals surface area contributed by atoms with Gasteiger partial charge in [-0.15, -0.1) is 0 Å². The van der Waals surface area contributed by atoms with Crippen LogP contribution in [0.3, 0.4) is 0 Å². The standard InChI is InChI=1S/C23H37N5O/c1-24-22(28-14-11-23(19-28)9-3-10-23)25-12-4-13-26-15-17-27(18-16-26)20-5-7-21(29-2)8-6-20/h5-8H,3-4,9-19H2,1-2H3,(H,24,25). The second-order valence-corrected chi connectivity index (χ2v) is 8.88. The molecule has 2 aliphatic heterocycles. The lowest BCUT2D eigenvalue weighted by atomic mass is 9.68. The van der Waals surface area contributed by atoms with Gasteiger partial charge in [-0.05, 0) is 61.9 Å². The summed E-state index contributed by atoms with van der Waals surface area (Å²) in [6, 6.07) is 8.42. The van der Waals surface area contributed by atoms with Crippen molar-refractivity contribution in [2.75, 3.05) is 71.4 Å². The average molecular weight is 400 g/mol. The van der Waals surface area contributed by atoms with Crippen molar-refractivity contribution in [3.8, 4) is 5.75 Å². The molecule has 3 fully saturated rings. The van der Waals surface area contributed by atoms with Crippen molar-refractivity contribution in [2.24, 2.45) is 10.4 Å². The Balaban J connectivity index is 1.13. The van der Waals surface area contributed by atoms with E-state index in [1.165, 1.54) is 50.9 Å². The van der Waals surface area contributed by atoms with Gasteiger partial charge in [-0.3, -0.25) is 9.89 Å². The van der Waals surface area contributed by atoms with E-state index in [9.17, 15) is 0 Å². The molecule has 6 heteroatoms. The third-order valence-corrected chi connectivity index (χ3v) is 7.11. The van der Waals surface area contributed by atoms with Crippen LogP contribution in [0, 0.1) is 5.41 Å². The minimum atomic E-state index is 0.626. The lowest BCUT2D eigenvalue weighted by Crippen LogP contribution is -2.47. The highest BCUT2D eigenvalue weighted by Gasteiger charge is 2.43. The Morgan fingerprint density at radius 2 is 1.83 bits per heavy atom. The molecule has 1 N–H and O–H groups in total. The van der Waals surface area contributed by atoms with E-state index in [0.29, 0.717) is 5.41 Å². The van der Waals surface area contributed by atoms with Crippen LogP contribution in [0.5, 0.6) is 5.75 Å². The molecule has 29 heavy (non-hydrogen) atoms. The maximum atomic E-state index is 5.26. The molecule has 0 radical (unpaired) electrons. The van der Waals surface area contributed by atoms with Crippen LogP contribution < -0.4 is 15.0 Å². The van der Waals surface area contributed by atoms with Crippen molar-refractivity contribution in [1.82, 2.24) is 15.1 Å². The van der Waals surface area contributed by atoms with E-state index in [0.717, 1.165) is 51.0 Å². The first-order valence-electron chi connectivity index (χ1n) is 11.3. The van der Waals surface area contributed by atoms with E-state index < -0.39 is 0 Å². The summed E-state index contributed by atoms with van der Waals surface area (Å²) in [5, 5.41) is 3.61. The number of nitrogens with zero attached hydrogens (tertiary/aromatic N) is 4. The van der Waals surface area contributed by atoms with Crippen LogP contribution in [-0.2, 0) is 0 Å². The number of hydrogen-bond acceptors (Lipinski definition) is 4. The summed E-state index contributed by atoms with van der Waals surface area (Å²) in [5.41, 5.74) is 1.92. The molecular weight excluding hydrogens is 362 g/mol. The number of piperazine rings is 1. The maximum Gasteiger partial charge on any atom is 0.193 e. The van der Waals surface area contributed by atoms with Gasteiger partial charge in [0.2, 0.25) is 0 Å². The molecule has 0 aromatic heterocycles. The predicted molar refractivity (Wildman–Crippen MR) is 120 cm³/mol. The van der Waals surface area contributed by atoms with Crippen molar-refractivity contribution >= 4 is 11.6 Å². The van der Waals surface area contributed by atoms with Gasteiger partial charge in [0.15, 0.2) is 5.96 Å². The van der Waals surface area contributed by atoms with Gasteiger partial charge in [-0.2, -0.15) is 0 Å². The Labute approximate surface area is 175 Å². The van der Waals surface area contributed by atoms with Crippen LogP contribution >= 0.6 is 0 Å². The lowest BCUT2D eigenvalue weighted by Gasteiger charge is -2.38. The second-order valence-electron chi connectivity index (χ2n) is 8.88. The summed E-state index contributed by atoms with van der Waals surface area (Å²) in [6.45, 7) is 9.01. The largest absolute Gasteiger partial charge is 0.497 e. The van der Waals surface area contributed by atoms with Crippen LogP contribution in [0.1, 0.15) is 32.1 Å². The number of guanidine groups is 1. The minimum absolute atomic E-state index is 0.626. The van der Waals surface area contributed by atoms with E-state index in [2.05, 4.69) is 37.1 Å². The molecule has 0 amide bonds. The molecular formula is C23H37N5O. The zero-order valence-corrected chi connectivity index (χ0v) is 18.2. The maximum absolute atomic E-state index is 5.26. The first kappa shape index (κ1) is 20.3. The van der Waals surface area contributed by atoms with Crippen LogP contribution in [0.15, 0.2) is 29.3 Å². The zero-order valence-electron chi connectivity index (χ0n) is 18.2. The van der Waals surface area contributed by atoms with Gasteiger partial charge in [0.1, 0.15) is 5.75 Å². The second kappa shape index (κ2) is 9.24. The van der Waals surface area contributed by atoms with E-state index >= 15 is 0 Å². The molecule has 160 valence electrons. The quantitative estimate of drug-likeness (QED) is 0.453. The predicted octanol–water partition coefficient (Wildman–Crippen LogP) is 2.66. The first-order chi connectivity index (χ1) is 14.2. The number of rotatable bonds is 6. The summed E-state index contributed by atoms with van der Waals surface area (Å²) in [6.07, 6.45) is 6.78. The summed E-state index contributed by atoms with van der Waals surface area (Å²) < 4.78 is 5.26. The molecule has 1 aromatic rings. The molecule has 4 rings (SSSR count). The fourth-order valence-electron chi connectivity index (χ4n) is 5.06. The highest BCUT2D eigenvalue weighted by Crippen LogP contribution is 2.47. The van der Waals surface area contributed by atoms with Crippen molar-refractivity contribution in [3.05, 3.63) is 24.3 Å². The van der Waals surface area contributed by atoms with Gasteiger partial charge in [-0.1, -0.05) is 6.42 Å². The number of ether oxygens (including phenoxy) is 1. The Morgan fingerprint density at radius 1 is 1.07 bits per heavy atom. The zero-order chi connectivity index (χ0) is 20.1. The van der Waals surface area contributed by atoms with Gasteiger partial charge in [0.25, 0.3) is 0 Å². The Kier molecular flexibility index (Phi) is 6.48. The van der Waals surface area contributed by atoms with Gasteiger partial charge >= 0.3 is 0 Å². The topological polar surface area (TPSA) is 43.3 Å². The van der Waals surface area contributed by atoms with E-state index in [-0.39, 0.29) is 0 Å². The van der Waals surface area contributed by atoms with Gasteiger partial charge < -0.3 is 19.9 Å². The molecule has 6 nitrogen and oxygen atoms in total. The number of aliphatic imine (C=N–C) groups is 1. The monoisotopic (exact) mass is 399 g/mol. The summed E-state index contributed by atoms with van der Waals surface area (Å²) in [4.78, 5) is 12.1. The van der Waals surface area contributed by atoms with Crippen LogP contribution in [0.2, 0.25) is 0 Å². The SMILES string of the molecule is CN=C(NCCCN1CCN(c2ccc(OC)cc2)CC1)N1CCC2(CCC2)C1. The van der Waals surface area contributed by atoms with Crippen molar-refractivity contribution in [3.63, 3.8) is 0 Å². The van der Waals surface area contributed by atoms with Crippen molar-refractivity contribution in [1.29, 1.82) is 0 Å². The smallest absolute Gasteiger partial charge is 0.193 e. The van der Waals surface area contributed by atoms with Crippen LogP contribution in [0.4, 0.5) is 5.69 Å². The Morgan fingerprint density at radius 3 is 2.41 bits per heavy atom. The Hall–Kier alpha value is -1.95. The first-order valence-corrected chi connectivity index (χ1v) is 11.3. The molecule has 0 unspecified atom stereocenters. The highest BCUT2D eigenvalue weighted by atomic mass is 16.5. The molecule has 1 spiro atoms. The normalized spacial score (nSPS) is 22.1. The van der Waals surface area contributed by atoms with Gasteiger partial charge in [0.05, 0.1) is 7.11 Å². The fraction of sp³-hybridized carbons (Fsp3) is 0.696. The average Bonchev–Trinajstić information content (AvgIpc) is 3.21. The number of likely N-dealkylation sites (tertiary alicyclic amines) is 1. The van der Waals surface area contributed by atoms with E-state index in [1.807, 2.05) is 19.2 Å². The fourth-order valence-corrected chi connectivity index (χ4v) is 5.06. The molecule has 2 saturated heterocycles. The Bertz CT molecular complexity index is 677. The number of methoxy groups -OCH3 is 1. The van der Waals surface area contributed by atoms with E-state index in [4.69, 9.17) is 4.74 Å². The number of nitrogens with one attached hydrogen (secondary N) is 1. The summed E-state index contributed by atoms with van der Waals surface area (Å²) in [7, 11) is 3.64. The number of hydrogen-bond donors (Lipinski definition) is 1. The summed E-state index contributed by atoms with van der Waals surface area (Å²) >= 11 is 0. The van der Waals surface area contributed by atoms with Crippen LogP contribution in [-0.4, -0.2) is 82.3 Å². The lowest BCUT2D eigenvalue weighted by molar-refractivity contribution is 0.151. The van der Waals surface area contributed by atoms with E-state index in [1.54, 1.807) is 7.11 Å². The van der Waals surface area contributed by atoms with Gasteiger partial charge in [0, 0.05) is 58.5 Å². The molecule has 2 heterocycles. The highest BCUT2D eigenvalue weighted by molar-refractivity contribution is 5.80. The molecule has 1 saturated carbocycles. The van der Waals surface area contributed by atoms with Crippen LogP contribution in [0.25, 0.3) is 0 Å². The third-order valence-electron chi connectivity index (χ3n) is 7.11. The van der Waals surface area contributed by atoms with Crippen molar-refractivity contribution in [2.45, 2.75) is 32.1 Å². The minimum Gasteiger partial charge on any atom is -0.497 e. The molecule has 0 atom stereocenters. The summed E-state index contributed by atoms with van der Waals surface area (Å²) in [5.74, 6) is 2.03.